The Hall–Kier alpha value is -1.59. The molecule has 0 aliphatic heterocycles. The maximum Gasteiger partial charge on any atom is 0.488 e. The summed E-state index contributed by atoms with van der Waals surface area (Å²) in [5.74, 6) is 0. The Kier molecular flexibility index (Phi) is 1.01. The van der Waals surface area contributed by atoms with Gasteiger partial charge in [-0.25, -0.2) is 4.98 Å². The monoisotopic (exact) mass is 195 g/mol. The van der Waals surface area contributed by atoms with Crippen LogP contribution in [0.1, 0.15) is 9.60 Å². The summed E-state index contributed by atoms with van der Waals surface area (Å²) >= 11 is 0. The number of nitrogens with zero attached hydrogens (tertiary/aromatic N) is 2. The van der Waals surface area contributed by atoms with Gasteiger partial charge in [-0.2, -0.15) is 0 Å². The van der Waals surface area contributed by atoms with Crippen LogP contribution in [0.3, 0.4) is 0 Å². The topological polar surface area (TPSA) is 58.3 Å². The summed E-state index contributed by atoms with van der Waals surface area (Å²) < 4.78 is 54.1. The van der Waals surface area contributed by atoms with Crippen molar-refractivity contribution >= 4 is 12.6 Å². The van der Waals surface area contributed by atoms with Crippen LogP contribution >= 0.6 is 0 Å². The minimum absolute atomic E-state index is 0.458. The standard InChI is InChI=1S/C9H9BN2O2/c13-10(14)8-2-1-3-9(6-8)12-5-4-11-7-12/h1-7,13-14H/i1D,2D,3D,4D,5D,6D,7D. The van der Waals surface area contributed by atoms with Crippen molar-refractivity contribution in [1.29, 1.82) is 0 Å². The average molecular weight is 195 g/mol. The fraction of sp³-hybridized carbons (Fsp3) is 0. The third-order valence-electron chi connectivity index (χ3n) is 1.48. The molecule has 1 aromatic heterocycles. The van der Waals surface area contributed by atoms with E-state index in [0.717, 1.165) is 0 Å². The van der Waals surface area contributed by atoms with E-state index in [1.165, 1.54) is 0 Å². The SMILES string of the molecule is [2H]c1nc([2H])n(-c2c([2H])c([2H])c([2H])c(B(O)O)c2[2H])c1[2H]. The molecule has 0 aliphatic rings. The van der Waals surface area contributed by atoms with Gasteiger partial charge >= 0.3 is 7.12 Å². The maximum absolute atomic E-state index is 9.23. The quantitative estimate of drug-likeness (QED) is 0.638. The van der Waals surface area contributed by atoms with Crippen LogP contribution in [-0.2, 0) is 0 Å². The normalized spacial score (nSPS) is 17.1. The first-order valence-corrected chi connectivity index (χ1v) is 3.67. The van der Waals surface area contributed by atoms with Gasteiger partial charge in [-0.3, -0.25) is 0 Å². The zero-order chi connectivity index (χ0) is 16.1. The van der Waals surface area contributed by atoms with Gasteiger partial charge in [0.25, 0.3) is 0 Å². The number of benzene rings is 1. The van der Waals surface area contributed by atoms with Gasteiger partial charge in [-0.05, 0) is 17.5 Å². The van der Waals surface area contributed by atoms with E-state index in [4.69, 9.17) is 9.60 Å². The molecular weight excluding hydrogens is 179 g/mol. The summed E-state index contributed by atoms with van der Waals surface area (Å²) in [4.78, 5) is 3.40. The smallest absolute Gasteiger partial charge is 0.423 e. The summed E-state index contributed by atoms with van der Waals surface area (Å²) in [6.07, 6.45) is -1.72. The van der Waals surface area contributed by atoms with E-state index in [1.807, 2.05) is 0 Å². The van der Waals surface area contributed by atoms with Gasteiger partial charge in [0.2, 0.25) is 0 Å². The molecule has 14 heavy (non-hydrogen) atoms. The van der Waals surface area contributed by atoms with Crippen LogP contribution in [0.4, 0.5) is 0 Å². The Morgan fingerprint density at radius 2 is 2.29 bits per heavy atom. The molecule has 70 valence electrons. The van der Waals surface area contributed by atoms with Gasteiger partial charge in [0.1, 0.15) is 1.37 Å². The third kappa shape index (κ3) is 1.68. The highest BCUT2D eigenvalue weighted by molar-refractivity contribution is 6.58. The third-order valence-corrected chi connectivity index (χ3v) is 1.48. The molecule has 1 aromatic carbocycles. The second-order valence-electron chi connectivity index (χ2n) is 2.41. The van der Waals surface area contributed by atoms with E-state index in [2.05, 4.69) is 4.98 Å². The fourth-order valence-corrected chi connectivity index (χ4v) is 0.870. The lowest BCUT2D eigenvalue weighted by molar-refractivity contribution is 0.426. The van der Waals surface area contributed by atoms with Crippen LogP contribution in [0.2, 0.25) is 0 Å². The highest BCUT2D eigenvalue weighted by Gasteiger charge is 2.10. The summed E-state index contributed by atoms with van der Waals surface area (Å²) in [5.41, 5.74) is -1.06. The van der Waals surface area contributed by atoms with Crippen LogP contribution in [0, 0.1) is 0 Å². The summed E-state index contributed by atoms with van der Waals surface area (Å²) in [7, 11) is -2.21. The molecule has 0 fully saturated rings. The molecule has 0 aliphatic carbocycles. The average Bonchev–Trinajstić information content (AvgIpc) is 2.63. The molecule has 2 rings (SSSR count). The number of aromatic nitrogens is 2. The number of rotatable bonds is 2. The van der Waals surface area contributed by atoms with Gasteiger partial charge in [-0.1, -0.05) is 12.1 Å². The summed E-state index contributed by atoms with van der Waals surface area (Å²) in [5, 5.41) is 18.5. The molecule has 1 heterocycles. The highest BCUT2D eigenvalue weighted by atomic mass is 16.4. The first kappa shape index (κ1) is 3.88. The minimum atomic E-state index is -2.21. The van der Waals surface area contributed by atoms with Crippen LogP contribution in [-0.4, -0.2) is 26.7 Å². The van der Waals surface area contributed by atoms with Crippen LogP contribution in [0.15, 0.2) is 42.8 Å². The Morgan fingerprint density at radius 3 is 2.93 bits per heavy atom. The van der Waals surface area contributed by atoms with Crippen LogP contribution in [0.25, 0.3) is 5.69 Å². The molecule has 0 unspecified atom stereocenters. The van der Waals surface area contributed by atoms with Crippen molar-refractivity contribution in [3.63, 3.8) is 0 Å². The Bertz CT molecular complexity index is 734. The lowest BCUT2D eigenvalue weighted by Crippen LogP contribution is -2.29. The van der Waals surface area contributed by atoms with Gasteiger partial charge in [-0.15, -0.1) is 0 Å². The van der Waals surface area contributed by atoms with Crippen molar-refractivity contribution < 1.29 is 19.6 Å². The zero-order valence-electron chi connectivity index (χ0n) is 13.9. The number of hydrogen-bond donors (Lipinski definition) is 2. The molecule has 2 N–H and O–H groups in total. The molecule has 0 bridgehead atoms. The molecule has 0 saturated heterocycles. The predicted octanol–water partition coefficient (Wildman–Crippen LogP) is -0.448. The highest BCUT2D eigenvalue weighted by Crippen LogP contribution is 2.04. The number of imidazole rings is 1. The van der Waals surface area contributed by atoms with Crippen molar-refractivity contribution in [2.45, 2.75) is 0 Å². The predicted molar refractivity (Wildman–Crippen MR) is 53.4 cm³/mol. The molecule has 4 nitrogen and oxygen atoms in total. The van der Waals surface area contributed by atoms with E-state index in [-0.39, 0.29) is 0 Å². The van der Waals surface area contributed by atoms with Gasteiger partial charge in [0, 0.05) is 18.0 Å². The molecule has 0 spiro atoms. The number of hydrogen-bond acceptors (Lipinski definition) is 3. The van der Waals surface area contributed by atoms with E-state index >= 15 is 0 Å². The molecule has 0 saturated carbocycles. The zero-order valence-corrected chi connectivity index (χ0v) is 6.87. The van der Waals surface area contributed by atoms with Gasteiger partial charge in [0.15, 0.2) is 0 Å². The lowest BCUT2D eigenvalue weighted by atomic mass is 9.80. The van der Waals surface area contributed by atoms with Gasteiger partial charge < -0.3 is 14.6 Å². The van der Waals surface area contributed by atoms with E-state index in [0.29, 0.717) is 4.57 Å². The largest absolute Gasteiger partial charge is 0.488 e. The minimum Gasteiger partial charge on any atom is -0.423 e. The first-order chi connectivity index (χ1) is 9.68. The molecular formula is C9H9BN2O2. The molecule has 0 atom stereocenters. The molecule has 0 radical (unpaired) electrons. The maximum atomic E-state index is 9.23. The second kappa shape index (κ2) is 3.65. The first-order valence-electron chi connectivity index (χ1n) is 7.17. The van der Waals surface area contributed by atoms with Crippen molar-refractivity contribution in [2.24, 2.45) is 0 Å². The summed E-state index contributed by atoms with van der Waals surface area (Å²) in [6.45, 7) is 0. The van der Waals surface area contributed by atoms with E-state index in [1.54, 1.807) is 0 Å². The van der Waals surface area contributed by atoms with E-state index in [9.17, 15) is 10.0 Å². The van der Waals surface area contributed by atoms with Gasteiger partial charge in [0.05, 0.1) is 14.5 Å². The molecule has 2 aromatic rings. The lowest BCUT2D eigenvalue weighted by Gasteiger charge is -2.04. The molecule has 5 heteroatoms. The molecule has 0 amide bonds. The van der Waals surface area contributed by atoms with Crippen LogP contribution < -0.4 is 5.46 Å². The Morgan fingerprint density at radius 1 is 1.43 bits per heavy atom. The van der Waals surface area contributed by atoms with E-state index < -0.39 is 61.1 Å². The van der Waals surface area contributed by atoms with Crippen molar-refractivity contribution in [2.75, 3.05) is 0 Å². The summed E-state index contributed by atoms with van der Waals surface area (Å²) in [6, 6.07) is -2.67. The Labute approximate surface area is 91.4 Å². The van der Waals surface area contributed by atoms with Crippen molar-refractivity contribution in [3.8, 4) is 5.69 Å². The van der Waals surface area contributed by atoms with Crippen molar-refractivity contribution in [1.82, 2.24) is 9.55 Å². The Balaban J connectivity index is 2.93. The second-order valence-corrected chi connectivity index (χ2v) is 2.41. The fourth-order valence-electron chi connectivity index (χ4n) is 0.870. The van der Waals surface area contributed by atoms with Crippen LogP contribution in [0.5, 0.6) is 0 Å². The van der Waals surface area contributed by atoms with Crippen molar-refractivity contribution in [3.05, 3.63) is 42.8 Å².